The predicted octanol–water partition coefficient (Wildman–Crippen LogP) is 16.4. The first-order chi connectivity index (χ1) is 49.5. The van der Waals surface area contributed by atoms with E-state index in [0.717, 1.165) is 152 Å². The van der Waals surface area contributed by atoms with Gasteiger partial charge in [0, 0.05) is 132 Å². The average Bonchev–Trinajstić information content (AvgIpc) is 1.06. The molecule has 6 aliphatic rings. The number of aliphatic hydroxyl groups excluding tert-OH is 1. The predicted molar refractivity (Wildman–Crippen MR) is 413 cm³/mol. The summed E-state index contributed by atoms with van der Waals surface area (Å²) in [4.78, 5) is 55.9. The average molecular weight is 1380 g/mol. The molecule has 2 fully saturated rings. The molecule has 14 rings (SSSR count). The number of methoxy groups -OCH3 is 1. The Labute approximate surface area is 604 Å². The second-order valence-corrected chi connectivity index (χ2v) is 28.3. The summed E-state index contributed by atoms with van der Waals surface area (Å²) in [5.74, 6) is 0.199. The minimum Gasteiger partial charge on any atom is -0.387 e. The molecule has 6 aliphatic heterocycles. The highest BCUT2D eigenvalue weighted by Gasteiger charge is 2.26. The van der Waals surface area contributed by atoms with Crippen LogP contribution >= 0.6 is 0 Å². The molecule has 0 saturated carbocycles. The number of rotatable bonds is 18. The van der Waals surface area contributed by atoms with Crippen LogP contribution in [0.5, 0.6) is 0 Å². The first kappa shape index (κ1) is 73.9. The van der Waals surface area contributed by atoms with Gasteiger partial charge in [-0.1, -0.05) is 116 Å². The van der Waals surface area contributed by atoms with Crippen molar-refractivity contribution in [3.05, 3.63) is 237 Å². The molecule has 102 heavy (non-hydrogen) atoms. The molecule has 6 heterocycles. The number of hydrogen-bond acceptors (Lipinski definition) is 12. The van der Waals surface area contributed by atoms with Gasteiger partial charge in [0.05, 0.1) is 24.7 Å². The highest BCUT2D eigenvalue weighted by molar-refractivity contribution is 5.94. The van der Waals surface area contributed by atoms with E-state index >= 15 is 0 Å². The third-order valence-electron chi connectivity index (χ3n) is 20.2. The zero-order chi connectivity index (χ0) is 71.5. The van der Waals surface area contributed by atoms with Crippen molar-refractivity contribution in [3.8, 4) is 0 Å². The van der Waals surface area contributed by atoms with E-state index in [9.17, 15) is 19.2 Å². The highest BCUT2D eigenvalue weighted by Crippen LogP contribution is 2.37. The zero-order valence-corrected chi connectivity index (χ0v) is 60.8. The molecule has 0 spiro atoms. The van der Waals surface area contributed by atoms with Crippen molar-refractivity contribution in [1.29, 1.82) is 0 Å². The van der Waals surface area contributed by atoms with Crippen LogP contribution in [0.2, 0.25) is 0 Å². The van der Waals surface area contributed by atoms with E-state index in [-0.39, 0.29) is 41.8 Å². The maximum absolute atomic E-state index is 12.4. The molecule has 0 aliphatic carbocycles. The minimum atomic E-state index is -0.489. The Morgan fingerprint density at radius 2 is 0.873 bits per heavy atom. The van der Waals surface area contributed by atoms with E-state index in [2.05, 4.69) is 208 Å². The molecular weight excluding hydrogens is 1270 g/mol. The van der Waals surface area contributed by atoms with Crippen LogP contribution in [0.3, 0.4) is 0 Å². The van der Waals surface area contributed by atoms with Gasteiger partial charge in [-0.3, -0.25) is 19.2 Å². The maximum Gasteiger partial charge on any atom is 0.250 e. The van der Waals surface area contributed by atoms with Gasteiger partial charge >= 0.3 is 0 Å². The van der Waals surface area contributed by atoms with Crippen molar-refractivity contribution < 1.29 is 38.5 Å². The zero-order valence-electron chi connectivity index (χ0n) is 60.8. The molecule has 3 atom stereocenters. The fourth-order valence-electron chi connectivity index (χ4n) is 14.6. The molecule has 5 N–H and O–H groups in total. The molecule has 16 heteroatoms. The standard InChI is InChI=1S/C24H30N2O2.C22H26N2O2.C21H26N2O2.C19H22N2O2/c1-17(2)19-7-5-18(6-8-19)15-26-12-3-4-20-14-22(9-10-23(20)26)25-24(27)21-11-13-28-16-21;1-16(25)23-20-10-11-21-19(14-20)4-2-12-24(21)15-17-6-8-18(9-7-17)22-5-3-13-26-22;1-15(25-3)18-8-6-17(7-9-18)14-23-12-4-5-19-13-20(22-16(2)24)10-11-21(19)23;1-14-4-6-15(7-5-14)12-21-10-2-3-16-11-17(8-9-18(16)21)20-19(23)13-22/h5-10,14,17,21H,3-4,11-13,15-16H2,1-2H3,(H,25,27);6-11,14,22H,2-5,12-13,15H2,1H3,(H,23,25);6-11,13,15H,4-5,12,14H2,1-3H3,(H,22,24);4-9,11,22H,2-3,10,12-13H2,1H3,(H,20,23). The number of hydrogen-bond donors (Lipinski definition) is 5. The lowest BCUT2D eigenvalue weighted by Crippen LogP contribution is -2.29. The Balaban J connectivity index is 0.000000137. The summed E-state index contributed by atoms with van der Waals surface area (Å²) in [6.45, 7) is 21.2. The highest BCUT2D eigenvalue weighted by atomic mass is 16.5. The van der Waals surface area contributed by atoms with Gasteiger partial charge in [0.2, 0.25) is 23.6 Å². The van der Waals surface area contributed by atoms with Crippen molar-refractivity contribution in [1.82, 2.24) is 0 Å². The molecule has 16 nitrogen and oxygen atoms in total. The van der Waals surface area contributed by atoms with Crippen LogP contribution in [0, 0.1) is 12.8 Å². The lowest BCUT2D eigenvalue weighted by molar-refractivity contribution is -0.120. The number of ether oxygens (including phenoxy) is 3. The van der Waals surface area contributed by atoms with Crippen molar-refractivity contribution >= 4 is 69.1 Å². The Hall–Kier alpha value is -9.32. The second kappa shape index (κ2) is 36.0. The number of carbonyl (C=O) groups excluding carboxylic acids is 4. The summed E-state index contributed by atoms with van der Waals surface area (Å²) in [5, 5.41) is 20.4. The number of aliphatic hydroxyl groups is 1. The molecule has 4 amide bonds. The summed E-state index contributed by atoms with van der Waals surface area (Å²) in [6.07, 6.45) is 12.3. The number of aryl methyl sites for hydroxylation is 5. The molecule has 0 radical (unpaired) electrons. The number of carbonyl (C=O) groups is 4. The monoisotopic (exact) mass is 1380 g/mol. The van der Waals surface area contributed by atoms with Crippen LogP contribution in [-0.4, -0.2) is 88.5 Å². The lowest BCUT2D eigenvalue weighted by Gasteiger charge is -2.32. The normalized spacial score (nSPS) is 16.8. The molecule has 0 aromatic heterocycles. The first-order valence-corrected chi connectivity index (χ1v) is 36.8. The van der Waals surface area contributed by atoms with Crippen LogP contribution < -0.4 is 40.9 Å². The smallest absolute Gasteiger partial charge is 0.250 e. The Morgan fingerprint density at radius 1 is 0.480 bits per heavy atom. The summed E-state index contributed by atoms with van der Waals surface area (Å²) in [6, 6.07) is 60.0. The Morgan fingerprint density at radius 3 is 1.24 bits per heavy atom. The van der Waals surface area contributed by atoms with Crippen LogP contribution in [0.25, 0.3) is 0 Å². The number of anilines is 8. The largest absolute Gasteiger partial charge is 0.387 e. The lowest BCUT2D eigenvalue weighted by atomic mass is 9.99. The molecule has 2 saturated heterocycles. The Kier molecular flexibility index (Phi) is 26.1. The van der Waals surface area contributed by atoms with Gasteiger partial charge in [0.15, 0.2) is 0 Å². The summed E-state index contributed by atoms with van der Waals surface area (Å²) >= 11 is 0. The van der Waals surface area contributed by atoms with Crippen LogP contribution in [0.1, 0.15) is 164 Å². The van der Waals surface area contributed by atoms with Crippen LogP contribution in [-0.2, 0) is 85.3 Å². The van der Waals surface area contributed by atoms with Crippen LogP contribution in [0.15, 0.2) is 170 Å². The number of benzene rings is 8. The third-order valence-corrected chi connectivity index (χ3v) is 20.2. The van der Waals surface area contributed by atoms with E-state index in [0.29, 0.717) is 19.1 Å². The van der Waals surface area contributed by atoms with Crippen LogP contribution in [0.4, 0.5) is 45.5 Å². The topological polar surface area (TPSA) is 177 Å². The quantitative estimate of drug-likeness (QED) is 0.0550. The molecule has 0 bridgehead atoms. The number of fused-ring (bicyclic) bond motifs is 4. The SMILES string of the molecule is CC(=O)Nc1ccc2c(c1)CCCN2Cc1ccc(C2CCCO2)cc1.CC(C)c1ccc(CN2CCCc3cc(NC(=O)C4CCOC4)ccc32)cc1.COC(C)c1ccc(CN2CCCc3cc(NC(C)=O)ccc32)cc1.Cc1ccc(CN2CCCc3cc(NC(=O)CO)ccc32)cc1. The fourth-order valence-corrected chi connectivity index (χ4v) is 14.6. The van der Waals surface area contributed by atoms with Gasteiger partial charge in [-0.2, -0.15) is 0 Å². The van der Waals surface area contributed by atoms with Crippen molar-refractivity contribution in [3.63, 3.8) is 0 Å². The third kappa shape index (κ3) is 20.5. The summed E-state index contributed by atoms with van der Waals surface area (Å²) < 4.78 is 16.5. The van der Waals surface area contributed by atoms with Gasteiger partial charge in [-0.15, -0.1) is 0 Å². The van der Waals surface area contributed by atoms with E-state index in [1.54, 1.807) is 21.0 Å². The fraction of sp³-hybridized carbons (Fsp3) is 0.395. The molecule has 8 aromatic carbocycles. The Bertz CT molecular complexity index is 4090. The number of nitrogens with zero attached hydrogens (tertiary/aromatic N) is 4. The van der Waals surface area contributed by atoms with Gasteiger partial charge in [0.1, 0.15) is 6.61 Å². The van der Waals surface area contributed by atoms with Gasteiger partial charge in [-0.05, 0) is 224 Å². The summed E-state index contributed by atoms with van der Waals surface area (Å²) in [7, 11) is 1.73. The van der Waals surface area contributed by atoms with Gasteiger partial charge in [0.25, 0.3) is 0 Å². The molecule has 8 aromatic rings. The van der Waals surface area contributed by atoms with Crippen molar-refractivity contribution in [2.75, 3.05) is 101 Å². The first-order valence-electron chi connectivity index (χ1n) is 36.8. The maximum atomic E-state index is 12.4. The molecule has 536 valence electrons. The van der Waals surface area contributed by atoms with E-state index in [4.69, 9.17) is 19.3 Å². The van der Waals surface area contributed by atoms with Gasteiger partial charge < -0.3 is 60.2 Å². The molecule has 3 unspecified atom stereocenters. The van der Waals surface area contributed by atoms with Gasteiger partial charge in [-0.25, -0.2) is 0 Å². The van der Waals surface area contributed by atoms with E-state index in [1.807, 2.05) is 30.3 Å². The number of amides is 4. The van der Waals surface area contributed by atoms with Crippen molar-refractivity contribution in [2.24, 2.45) is 5.92 Å². The second-order valence-electron chi connectivity index (χ2n) is 28.3. The molecular formula is C86H104N8O8. The van der Waals surface area contributed by atoms with E-state index in [1.165, 1.54) is 89.5 Å². The van der Waals surface area contributed by atoms with E-state index < -0.39 is 6.61 Å². The number of nitrogens with one attached hydrogen (secondary N) is 4. The summed E-state index contributed by atoms with van der Waals surface area (Å²) in [5.41, 5.74) is 24.1. The minimum absolute atomic E-state index is 0.0126. The van der Waals surface area contributed by atoms with Crippen molar-refractivity contribution in [2.45, 2.75) is 156 Å².